The summed E-state index contributed by atoms with van der Waals surface area (Å²) in [6, 6.07) is 61.9. The van der Waals surface area contributed by atoms with Crippen molar-refractivity contribution in [3.05, 3.63) is 198 Å². The van der Waals surface area contributed by atoms with Gasteiger partial charge in [-0.15, -0.1) is 11.3 Å². The first-order valence-corrected chi connectivity index (χ1v) is 19.1. The Balaban J connectivity index is 1.14. The van der Waals surface area contributed by atoms with E-state index in [0.29, 0.717) is 5.84 Å². The topological polar surface area (TPSA) is 51.5 Å². The van der Waals surface area contributed by atoms with E-state index >= 15 is 0 Å². The van der Waals surface area contributed by atoms with E-state index in [-0.39, 0.29) is 0 Å². The van der Waals surface area contributed by atoms with Gasteiger partial charge in [-0.25, -0.2) is 0 Å². The summed E-state index contributed by atoms with van der Waals surface area (Å²) >= 11 is 1.77. The molecule has 0 aliphatic rings. The third-order valence-electron chi connectivity index (χ3n) is 10.2. The van der Waals surface area contributed by atoms with Crippen LogP contribution in [0.2, 0.25) is 0 Å². The number of nitrogens with zero attached hydrogens (tertiary/aromatic N) is 2. The smallest absolute Gasteiger partial charge is 0.146 e. The number of thiophene rings is 1. The maximum absolute atomic E-state index is 9.46. The molecular weight excluding hydrogens is 677 g/mol. The second-order valence-electron chi connectivity index (χ2n) is 13.7. The van der Waals surface area contributed by atoms with Crippen molar-refractivity contribution in [1.82, 2.24) is 5.32 Å². The summed E-state index contributed by atoms with van der Waals surface area (Å²) in [5, 5.41) is 20.0. The highest BCUT2D eigenvalue weighted by Gasteiger charge is 2.20. The SMILES string of the molecule is C/C(=N\C(NC(=N)c1cccc2sc3cc(N(c4ccc5ccccc5c4)c4cc5ccccc5cc4C)ccc3c12)c1ccccc1)c1ccccc1. The minimum atomic E-state index is -0.425. The van der Waals surface area contributed by atoms with E-state index in [4.69, 9.17) is 4.99 Å². The molecule has 0 fully saturated rings. The molecule has 5 heteroatoms. The van der Waals surface area contributed by atoms with Gasteiger partial charge in [0, 0.05) is 48.5 Å². The zero-order valence-corrected chi connectivity index (χ0v) is 30.9. The Morgan fingerprint density at radius 3 is 2.00 bits per heavy atom. The highest BCUT2D eigenvalue weighted by Crippen LogP contribution is 2.43. The fraction of sp³-hybridized carbons (Fsp3) is 0.0612. The number of hydrogen-bond donors (Lipinski definition) is 2. The molecule has 260 valence electrons. The molecule has 1 aromatic heterocycles. The number of aryl methyl sites for hydroxylation is 1. The quantitative estimate of drug-likeness (QED) is 0.122. The molecule has 0 amide bonds. The minimum Gasteiger partial charge on any atom is -0.345 e. The molecule has 54 heavy (non-hydrogen) atoms. The molecule has 9 rings (SSSR count). The Hall–Kier alpha value is -6.56. The van der Waals surface area contributed by atoms with E-state index in [2.05, 4.69) is 151 Å². The number of amidine groups is 1. The van der Waals surface area contributed by atoms with Crippen molar-refractivity contribution in [3.8, 4) is 0 Å². The van der Waals surface area contributed by atoms with Crippen molar-refractivity contribution in [1.29, 1.82) is 5.41 Å². The standard InChI is InChI=1S/C49H38N4S/c1-32-28-37-19-11-12-21-39(37)30-44(32)53(40-25-24-35-16-9-10-20-38(35)29-40)41-26-27-42-46(31-41)54-45-23-13-22-43(47(42)45)48(50)52-49(36-17-7-4-8-18-36)51-33(2)34-14-5-3-6-15-34/h3-31,49H,1-2H3,(H2,50,52)/b51-33+. The van der Waals surface area contributed by atoms with Crippen LogP contribution < -0.4 is 10.2 Å². The van der Waals surface area contributed by atoms with Crippen molar-refractivity contribution >= 4 is 81.7 Å². The van der Waals surface area contributed by atoms with Crippen LogP contribution in [0.4, 0.5) is 17.1 Å². The van der Waals surface area contributed by atoms with Gasteiger partial charge in [0.15, 0.2) is 0 Å². The molecule has 1 heterocycles. The van der Waals surface area contributed by atoms with E-state index in [0.717, 1.165) is 54.9 Å². The van der Waals surface area contributed by atoms with Gasteiger partial charge >= 0.3 is 0 Å². The molecule has 8 aromatic carbocycles. The zero-order chi connectivity index (χ0) is 36.6. The van der Waals surface area contributed by atoms with Crippen molar-refractivity contribution < 1.29 is 0 Å². The number of anilines is 3. The summed E-state index contributed by atoms with van der Waals surface area (Å²) in [6.45, 7) is 4.23. The average Bonchev–Trinajstić information content (AvgIpc) is 3.59. The van der Waals surface area contributed by atoms with Crippen LogP contribution in [0.3, 0.4) is 0 Å². The number of benzene rings is 8. The molecule has 1 unspecified atom stereocenters. The molecule has 0 saturated heterocycles. The molecule has 0 saturated carbocycles. The van der Waals surface area contributed by atoms with Gasteiger partial charge in [-0.3, -0.25) is 10.4 Å². The Labute approximate surface area is 319 Å². The number of fused-ring (bicyclic) bond motifs is 5. The normalized spacial score (nSPS) is 12.4. The largest absolute Gasteiger partial charge is 0.345 e. The summed E-state index contributed by atoms with van der Waals surface area (Å²) in [5.41, 5.74) is 8.38. The lowest BCUT2D eigenvalue weighted by Gasteiger charge is -2.28. The monoisotopic (exact) mass is 714 g/mol. The Bertz CT molecular complexity index is 2860. The lowest BCUT2D eigenvalue weighted by molar-refractivity contribution is 0.682. The van der Waals surface area contributed by atoms with E-state index in [1.54, 1.807) is 11.3 Å². The molecule has 1 atom stereocenters. The summed E-state index contributed by atoms with van der Waals surface area (Å²) in [4.78, 5) is 7.50. The van der Waals surface area contributed by atoms with Crippen LogP contribution >= 0.6 is 11.3 Å². The highest BCUT2D eigenvalue weighted by molar-refractivity contribution is 7.26. The Morgan fingerprint density at radius 2 is 1.24 bits per heavy atom. The van der Waals surface area contributed by atoms with Crippen molar-refractivity contribution in [2.24, 2.45) is 4.99 Å². The van der Waals surface area contributed by atoms with E-state index < -0.39 is 6.17 Å². The van der Waals surface area contributed by atoms with Crippen LogP contribution in [0.15, 0.2) is 181 Å². The molecule has 9 aromatic rings. The van der Waals surface area contributed by atoms with E-state index in [9.17, 15) is 5.41 Å². The second-order valence-corrected chi connectivity index (χ2v) is 14.8. The van der Waals surface area contributed by atoms with Crippen LogP contribution in [0.25, 0.3) is 41.7 Å². The third kappa shape index (κ3) is 6.29. The zero-order valence-electron chi connectivity index (χ0n) is 30.1. The molecule has 0 bridgehead atoms. The third-order valence-corrected chi connectivity index (χ3v) is 11.3. The first kappa shape index (κ1) is 33.3. The van der Waals surface area contributed by atoms with Gasteiger partial charge in [-0.05, 0) is 94.5 Å². The van der Waals surface area contributed by atoms with Crippen molar-refractivity contribution in [3.63, 3.8) is 0 Å². The van der Waals surface area contributed by atoms with Crippen molar-refractivity contribution in [2.45, 2.75) is 20.0 Å². The van der Waals surface area contributed by atoms with Crippen LogP contribution in [0, 0.1) is 12.3 Å². The average molecular weight is 715 g/mol. The number of hydrogen-bond acceptors (Lipinski definition) is 4. The molecule has 0 aliphatic heterocycles. The first-order valence-electron chi connectivity index (χ1n) is 18.2. The highest BCUT2D eigenvalue weighted by atomic mass is 32.1. The van der Waals surface area contributed by atoms with Gasteiger partial charge in [0.25, 0.3) is 0 Å². The van der Waals surface area contributed by atoms with Gasteiger partial charge in [0.05, 0.1) is 0 Å². The number of rotatable bonds is 8. The lowest BCUT2D eigenvalue weighted by Crippen LogP contribution is -2.28. The summed E-state index contributed by atoms with van der Waals surface area (Å²) in [7, 11) is 0. The van der Waals surface area contributed by atoms with Gasteiger partial charge in [0.1, 0.15) is 12.0 Å². The van der Waals surface area contributed by atoms with Crippen LogP contribution in [-0.2, 0) is 0 Å². The molecule has 0 aliphatic carbocycles. The van der Waals surface area contributed by atoms with Crippen LogP contribution in [0.1, 0.15) is 35.3 Å². The minimum absolute atomic E-state index is 0.340. The fourth-order valence-electron chi connectivity index (χ4n) is 7.48. The van der Waals surface area contributed by atoms with Crippen molar-refractivity contribution in [2.75, 3.05) is 4.90 Å². The summed E-state index contributed by atoms with van der Waals surface area (Å²) in [5.74, 6) is 0.340. The Morgan fingerprint density at radius 1 is 0.611 bits per heavy atom. The summed E-state index contributed by atoms with van der Waals surface area (Å²) in [6.07, 6.45) is -0.425. The molecule has 0 spiro atoms. The predicted octanol–water partition coefficient (Wildman–Crippen LogP) is 13.3. The maximum atomic E-state index is 9.46. The van der Waals surface area contributed by atoms with Crippen LogP contribution in [-0.4, -0.2) is 11.5 Å². The van der Waals surface area contributed by atoms with E-state index in [1.165, 1.54) is 31.8 Å². The number of nitrogens with one attached hydrogen (secondary N) is 2. The van der Waals surface area contributed by atoms with Crippen LogP contribution in [0.5, 0.6) is 0 Å². The molecule has 0 radical (unpaired) electrons. The second kappa shape index (κ2) is 14.1. The maximum Gasteiger partial charge on any atom is 0.146 e. The van der Waals surface area contributed by atoms with Gasteiger partial charge in [-0.2, -0.15) is 0 Å². The fourth-order valence-corrected chi connectivity index (χ4v) is 8.64. The van der Waals surface area contributed by atoms with Gasteiger partial charge < -0.3 is 10.2 Å². The van der Waals surface area contributed by atoms with Gasteiger partial charge in [0.2, 0.25) is 0 Å². The molecular formula is C49H38N4S. The van der Waals surface area contributed by atoms with E-state index in [1.807, 2.05) is 49.4 Å². The predicted molar refractivity (Wildman–Crippen MR) is 232 cm³/mol. The van der Waals surface area contributed by atoms with Gasteiger partial charge in [-0.1, -0.05) is 133 Å². The summed E-state index contributed by atoms with van der Waals surface area (Å²) < 4.78 is 2.31. The lowest BCUT2D eigenvalue weighted by atomic mass is 10.0. The first-order chi connectivity index (χ1) is 26.5. The molecule has 4 nitrogen and oxygen atoms in total. The Kier molecular flexibility index (Phi) is 8.70. The molecule has 2 N–H and O–H groups in total. The number of aliphatic imine (C=N–C) groups is 1.